The largest absolute Gasteiger partial charge is 0.351 e. The van der Waals surface area contributed by atoms with Crippen molar-refractivity contribution in [3.63, 3.8) is 0 Å². The van der Waals surface area contributed by atoms with Crippen molar-refractivity contribution in [3.8, 4) is 0 Å². The lowest BCUT2D eigenvalue weighted by Crippen LogP contribution is -2.38. The van der Waals surface area contributed by atoms with E-state index in [1.54, 1.807) is 11.1 Å². The van der Waals surface area contributed by atoms with Gasteiger partial charge in [0.15, 0.2) is 0 Å². The van der Waals surface area contributed by atoms with E-state index in [0.717, 1.165) is 45.6 Å². The molecule has 2 aromatic carbocycles. The highest BCUT2D eigenvalue weighted by Gasteiger charge is 2.33. The lowest BCUT2D eigenvalue weighted by molar-refractivity contribution is 0.251. The number of carbonyl (C=O) groups excluding carboxylic acids is 1. The Kier molecular flexibility index (Phi) is 3.23. The zero-order valence-electron chi connectivity index (χ0n) is 12.3. The van der Waals surface area contributed by atoms with Gasteiger partial charge in [0.1, 0.15) is 0 Å². The summed E-state index contributed by atoms with van der Waals surface area (Å²) in [6.07, 6.45) is 3.36. The van der Waals surface area contributed by atoms with E-state index in [-0.39, 0.29) is 6.04 Å². The maximum atomic E-state index is 12.2. The van der Waals surface area contributed by atoms with Crippen LogP contribution in [-0.2, 0) is 6.42 Å². The molecule has 0 saturated heterocycles. The molecule has 6 heteroatoms. The molecule has 1 atom stereocenters. The van der Waals surface area contributed by atoms with Gasteiger partial charge in [-0.15, -0.1) is 0 Å². The number of fused-ring (bicyclic) bond motifs is 2. The van der Waals surface area contributed by atoms with Crippen molar-refractivity contribution in [1.82, 2.24) is 10.2 Å². The van der Waals surface area contributed by atoms with E-state index in [4.69, 9.17) is 17.3 Å². The van der Waals surface area contributed by atoms with Crippen LogP contribution >= 0.6 is 11.6 Å². The number of aromatic nitrogens is 2. The number of nitrogens with one attached hydrogen (secondary N) is 1. The second kappa shape index (κ2) is 5.28. The normalized spacial score (nSPS) is 16.5. The average molecular weight is 327 g/mol. The number of urea groups is 1. The Morgan fingerprint density at radius 2 is 2.13 bits per heavy atom. The molecule has 0 saturated carbocycles. The fourth-order valence-electron chi connectivity index (χ4n) is 3.46. The molecule has 23 heavy (non-hydrogen) atoms. The zero-order chi connectivity index (χ0) is 16.0. The van der Waals surface area contributed by atoms with Crippen LogP contribution in [0.15, 0.2) is 42.6 Å². The molecule has 0 aliphatic heterocycles. The van der Waals surface area contributed by atoms with Gasteiger partial charge in [0.05, 0.1) is 23.4 Å². The predicted molar refractivity (Wildman–Crippen MR) is 90.7 cm³/mol. The molecule has 0 fully saturated rings. The standard InChI is InChI=1S/C17H15ClN4O/c18-13-4-1-3-11-10(13)7-8-16(11)22(17(19)23)15-6-2-5-14-12(15)9-20-21-14/h1-6,9,16H,7-8H2,(H2,19,23)(H,20,21). The van der Waals surface area contributed by atoms with Crippen molar-refractivity contribution in [2.45, 2.75) is 18.9 Å². The summed E-state index contributed by atoms with van der Waals surface area (Å²) in [6.45, 7) is 0. The van der Waals surface area contributed by atoms with Gasteiger partial charge in [-0.25, -0.2) is 4.79 Å². The Balaban J connectivity index is 1.87. The quantitative estimate of drug-likeness (QED) is 0.751. The third-order valence-corrected chi connectivity index (χ3v) is 4.81. The number of halogens is 1. The number of rotatable bonds is 2. The lowest BCUT2D eigenvalue weighted by atomic mass is 10.1. The highest BCUT2D eigenvalue weighted by Crippen LogP contribution is 2.42. The number of hydrogen-bond acceptors (Lipinski definition) is 2. The van der Waals surface area contributed by atoms with Gasteiger partial charge in [-0.3, -0.25) is 10.00 Å². The Bertz CT molecular complexity index is 904. The molecule has 3 aromatic rings. The molecule has 4 rings (SSSR count). The van der Waals surface area contributed by atoms with Gasteiger partial charge in [-0.05, 0) is 42.2 Å². The Labute approximate surface area is 138 Å². The van der Waals surface area contributed by atoms with Gasteiger partial charge in [0, 0.05) is 10.4 Å². The maximum absolute atomic E-state index is 12.2. The molecule has 5 nitrogen and oxygen atoms in total. The van der Waals surface area contributed by atoms with Crippen molar-refractivity contribution in [1.29, 1.82) is 0 Å². The first-order valence-corrected chi connectivity index (χ1v) is 7.82. The highest BCUT2D eigenvalue weighted by molar-refractivity contribution is 6.31. The number of aromatic amines is 1. The molecular formula is C17H15ClN4O. The first kappa shape index (κ1) is 14.1. The second-order valence-electron chi connectivity index (χ2n) is 5.68. The Morgan fingerprint density at radius 3 is 2.96 bits per heavy atom. The monoisotopic (exact) mass is 326 g/mol. The van der Waals surface area contributed by atoms with Crippen LogP contribution in [0, 0.1) is 0 Å². The first-order valence-electron chi connectivity index (χ1n) is 7.45. The summed E-state index contributed by atoms with van der Waals surface area (Å²) in [4.78, 5) is 13.9. The maximum Gasteiger partial charge on any atom is 0.319 e. The topological polar surface area (TPSA) is 75.0 Å². The van der Waals surface area contributed by atoms with Gasteiger partial charge in [0.2, 0.25) is 0 Å². The lowest BCUT2D eigenvalue weighted by Gasteiger charge is -2.28. The molecule has 1 aromatic heterocycles. The predicted octanol–water partition coefficient (Wildman–Crippen LogP) is 3.79. The zero-order valence-corrected chi connectivity index (χ0v) is 13.0. The summed E-state index contributed by atoms with van der Waals surface area (Å²) < 4.78 is 0. The molecule has 1 aliphatic rings. The molecule has 1 unspecified atom stereocenters. The van der Waals surface area contributed by atoms with Crippen LogP contribution in [-0.4, -0.2) is 16.2 Å². The highest BCUT2D eigenvalue weighted by atomic mass is 35.5. The molecule has 0 radical (unpaired) electrons. The van der Waals surface area contributed by atoms with E-state index >= 15 is 0 Å². The summed E-state index contributed by atoms with van der Waals surface area (Å²) in [5.74, 6) is 0. The molecule has 0 spiro atoms. The van der Waals surface area contributed by atoms with E-state index in [2.05, 4.69) is 10.2 Å². The van der Waals surface area contributed by atoms with Gasteiger partial charge >= 0.3 is 6.03 Å². The van der Waals surface area contributed by atoms with E-state index in [1.807, 2.05) is 36.4 Å². The third-order valence-electron chi connectivity index (χ3n) is 4.45. The molecule has 0 bridgehead atoms. The Hall–Kier alpha value is -2.53. The number of benzene rings is 2. The summed E-state index contributed by atoms with van der Waals surface area (Å²) in [7, 11) is 0. The second-order valence-corrected chi connectivity index (χ2v) is 6.09. The smallest absolute Gasteiger partial charge is 0.319 e. The van der Waals surface area contributed by atoms with E-state index < -0.39 is 6.03 Å². The Morgan fingerprint density at radius 1 is 1.30 bits per heavy atom. The number of amides is 2. The van der Waals surface area contributed by atoms with Crippen molar-refractivity contribution in [2.75, 3.05) is 4.90 Å². The van der Waals surface area contributed by atoms with Crippen LogP contribution in [0.1, 0.15) is 23.6 Å². The number of hydrogen-bond donors (Lipinski definition) is 2. The average Bonchev–Trinajstić information content (AvgIpc) is 3.15. The van der Waals surface area contributed by atoms with Gasteiger partial charge < -0.3 is 5.73 Å². The van der Waals surface area contributed by atoms with Crippen molar-refractivity contribution in [3.05, 3.63) is 58.7 Å². The number of anilines is 1. The molecule has 3 N–H and O–H groups in total. The fraction of sp³-hybridized carbons (Fsp3) is 0.176. The van der Waals surface area contributed by atoms with Gasteiger partial charge in [-0.2, -0.15) is 5.10 Å². The van der Waals surface area contributed by atoms with Crippen molar-refractivity contribution in [2.24, 2.45) is 5.73 Å². The number of carbonyl (C=O) groups is 1. The minimum absolute atomic E-state index is 0.110. The first-order chi connectivity index (χ1) is 11.2. The summed E-state index contributed by atoms with van der Waals surface area (Å²) in [5, 5.41) is 8.61. The number of primary amides is 1. The summed E-state index contributed by atoms with van der Waals surface area (Å²) >= 11 is 6.29. The van der Waals surface area contributed by atoms with E-state index in [1.165, 1.54) is 0 Å². The minimum atomic E-state index is -0.475. The molecule has 1 aliphatic carbocycles. The molecule has 2 amide bonds. The third kappa shape index (κ3) is 2.16. The summed E-state index contributed by atoms with van der Waals surface area (Å²) in [6, 6.07) is 10.9. The van der Waals surface area contributed by atoms with E-state index in [9.17, 15) is 4.79 Å². The summed E-state index contributed by atoms with van der Waals surface area (Å²) in [5.41, 5.74) is 9.53. The molecule has 116 valence electrons. The van der Waals surface area contributed by atoms with Crippen molar-refractivity contribution >= 4 is 34.2 Å². The number of nitrogens with two attached hydrogens (primary N) is 1. The van der Waals surface area contributed by atoms with Gasteiger partial charge in [0.25, 0.3) is 0 Å². The van der Waals surface area contributed by atoms with Crippen LogP contribution in [0.3, 0.4) is 0 Å². The number of nitrogens with zero attached hydrogens (tertiary/aromatic N) is 2. The van der Waals surface area contributed by atoms with Crippen LogP contribution in [0.2, 0.25) is 5.02 Å². The van der Waals surface area contributed by atoms with Gasteiger partial charge in [-0.1, -0.05) is 29.8 Å². The minimum Gasteiger partial charge on any atom is -0.351 e. The van der Waals surface area contributed by atoms with Crippen LogP contribution in [0.25, 0.3) is 10.9 Å². The van der Waals surface area contributed by atoms with Crippen LogP contribution < -0.4 is 10.6 Å². The van der Waals surface area contributed by atoms with Crippen molar-refractivity contribution < 1.29 is 4.79 Å². The molecule has 1 heterocycles. The molecular weight excluding hydrogens is 312 g/mol. The number of H-pyrrole nitrogens is 1. The SMILES string of the molecule is NC(=O)N(c1cccc2[nH]ncc12)C1CCc2c(Cl)cccc21. The van der Waals surface area contributed by atoms with Crippen LogP contribution in [0.4, 0.5) is 10.5 Å². The fourth-order valence-corrected chi connectivity index (χ4v) is 3.74. The van der Waals surface area contributed by atoms with Crippen LogP contribution in [0.5, 0.6) is 0 Å². The van der Waals surface area contributed by atoms with E-state index in [0.29, 0.717) is 0 Å².